The Morgan fingerprint density at radius 1 is 1.53 bits per heavy atom. The van der Waals surface area contributed by atoms with Gasteiger partial charge >= 0.3 is 0 Å². The van der Waals surface area contributed by atoms with E-state index in [1.807, 2.05) is 6.92 Å². The Hall–Kier alpha value is -1.00. The molecular weight excluding hydrogens is 258 g/mol. The van der Waals surface area contributed by atoms with Gasteiger partial charge in [-0.25, -0.2) is 0 Å². The Kier molecular flexibility index (Phi) is 4.17. The first-order chi connectivity index (χ1) is 7.00. The van der Waals surface area contributed by atoms with Gasteiger partial charge in [0.25, 0.3) is 0 Å². The molecule has 0 amide bonds. The van der Waals surface area contributed by atoms with Gasteiger partial charge in [0.1, 0.15) is 11.5 Å². The van der Waals surface area contributed by atoms with E-state index < -0.39 is 0 Å². The molecule has 0 saturated heterocycles. The summed E-state index contributed by atoms with van der Waals surface area (Å²) in [6, 6.07) is 4.58. The molecule has 1 unspecified atom stereocenters. The van der Waals surface area contributed by atoms with Crippen LogP contribution in [0.1, 0.15) is 18.5 Å². The number of rotatable bonds is 4. The summed E-state index contributed by atoms with van der Waals surface area (Å²) in [5, 5.41) is 21.9. The van der Waals surface area contributed by atoms with Crippen molar-refractivity contribution in [1.29, 1.82) is 0 Å². The third-order valence-corrected chi connectivity index (χ3v) is 2.36. The largest absolute Gasteiger partial charge is 0.508 e. The van der Waals surface area contributed by atoms with E-state index >= 15 is 0 Å². The molecule has 1 aromatic carbocycles. The Labute approximate surface area is 97.6 Å². The maximum atomic E-state index is 9.59. The summed E-state index contributed by atoms with van der Waals surface area (Å²) < 4.78 is 0.854. The van der Waals surface area contributed by atoms with Crippen LogP contribution in [0.4, 0.5) is 0 Å². The molecule has 0 heterocycles. The average Bonchev–Trinajstić information content (AvgIpc) is 2.14. The lowest BCUT2D eigenvalue weighted by Gasteiger charge is -2.15. The number of nitrogens with one attached hydrogen (secondary N) is 1. The quantitative estimate of drug-likeness (QED) is 0.789. The molecule has 0 aliphatic heterocycles. The predicted molar refractivity (Wildman–Crippen MR) is 64.3 cm³/mol. The molecule has 3 N–H and O–H groups in total. The second-order valence-corrected chi connectivity index (χ2v) is 4.48. The van der Waals surface area contributed by atoms with Gasteiger partial charge in [0.2, 0.25) is 0 Å². The average molecular weight is 272 g/mol. The summed E-state index contributed by atoms with van der Waals surface area (Å²) >= 11 is 3.25. The minimum atomic E-state index is -0.0000926. The molecule has 0 saturated carbocycles. The lowest BCUT2D eigenvalue weighted by molar-refractivity contribution is 0.438. The highest BCUT2D eigenvalue weighted by atomic mass is 79.9. The van der Waals surface area contributed by atoms with Crippen molar-refractivity contribution < 1.29 is 10.2 Å². The molecule has 1 atom stereocenters. The molecule has 0 aliphatic rings. The number of hydrogen-bond donors (Lipinski definition) is 3. The zero-order valence-electron chi connectivity index (χ0n) is 8.50. The summed E-state index contributed by atoms with van der Waals surface area (Å²) in [4.78, 5) is 0. The van der Waals surface area contributed by atoms with Gasteiger partial charge in [-0.1, -0.05) is 28.6 Å². The van der Waals surface area contributed by atoms with E-state index in [1.54, 1.807) is 12.1 Å². The second-order valence-electron chi connectivity index (χ2n) is 3.36. The van der Waals surface area contributed by atoms with Gasteiger partial charge in [0.15, 0.2) is 0 Å². The van der Waals surface area contributed by atoms with Crippen molar-refractivity contribution in [1.82, 2.24) is 5.32 Å². The van der Waals surface area contributed by atoms with E-state index in [1.165, 1.54) is 6.07 Å². The first-order valence-corrected chi connectivity index (χ1v) is 5.38. The fourth-order valence-corrected chi connectivity index (χ4v) is 1.43. The first-order valence-electron chi connectivity index (χ1n) is 4.59. The van der Waals surface area contributed by atoms with Crippen LogP contribution in [0, 0.1) is 0 Å². The molecule has 0 radical (unpaired) electrons. The van der Waals surface area contributed by atoms with Gasteiger partial charge in [-0.2, -0.15) is 0 Å². The Bertz CT molecular complexity index is 366. The standard InChI is InChI=1S/C11H14BrNO2/c1-7(12)6-13-8(2)10-4-3-9(14)5-11(10)15/h3-5,8,13-15H,1,6H2,2H3. The number of phenols is 2. The Balaban J connectivity index is 2.73. The van der Waals surface area contributed by atoms with E-state index in [-0.39, 0.29) is 17.5 Å². The minimum Gasteiger partial charge on any atom is -0.508 e. The number of halogens is 1. The van der Waals surface area contributed by atoms with Gasteiger partial charge in [-0.3, -0.25) is 0 Å². The summed E-state index contributed by atoms with van der Waals surface area (Å²) in [5.41, 5.74) is 0.751. The van der Waals surface area contributed by atoms with Crippen molar-refractivity contribution in [3.05, 3.63) is 34.8 Å². The van der Waals surface area contributed by atoms with E-state index in [0.717, 1.165) is 10.0 Å². The molecule has 15 heavy (non-hydrogen) atoms. The van der Waals surface area contributed by atoms with Crippen LogP contribution < -0.4 is 5.32 Å². The van der Waals surface area contributed by atoms with E-state index in [9.17, 15) is 5.11 Å². The van der Waals surface area contributed by atoms with Gasteiger partial charge in [0.05, 0.1) is 0 Å². The Morgan fingerprint density at radius 2 is 2.20 bits per heavy atom. The smallest absolute Gasteiger partial charge is 0.124 e. The SMILES string of the molecule is C=C(Br)CNC(C)c1ccc(O)cc1O. The van der Waals surface area contributed by atoms with Crippen molar-refractivity contribution in [3.8, 4) is 11.5 Å². The van der Waals surface area contributed by atoms with Crippen molar-refractivity contribution in [3.63, 3.8) is 0 Å². The highest BCUT2D eigenvalue weighted by Crippen LogP contribution is 2.27. The van der Waals surface area contributed by atoms with Gasteiger partial charge in [-0.15, -0.1) is 0 Å². The fourth-order valence-electron chi connectivity index (χ4n) is 1.27. The van der Waals surface area contributed by atoms with E-state index in [4.69, 9.17) is 5.11 Å². The van der Waals surface area contributed by atoms with Crippen LogP contribution >= 0.6 is 15.9 Å². The maximum Gasteiger partial charge on any atom is 0.124 e. The monoisotopic (exact) mass is 271 g/mol. The molecular formula is C11H14BrNO2. The van der Waals surface area contributed by atoms with Crippen LogP contribution in [0.3, 0.4) is 0 Å². The van der Waals surface area contributed by atoms with Crippen LogP contribution in [0.5, 0.6) is 11.5 Å². The molecule has 82 valence electrons. The van der Waals surface area contributed by atoms with Crippen LogP contribution in [0.25, 0.3) is 0 Å². The molecule has 1 rings (SSSR count). The van der Waals surface area contributed by atoms with Crippen LogP contribution in [0.2, 0.25) is 0 Å². The van der Waals surface area contributed by atoms with Crippen LogP contribution in [0.15, 0.2) is 29.3 Å². The second kappa shape index (κ2) is 5.19. The van der Waals surface area contributed by atoms with Crippen LogP contribution in [-0.4, -0.2) is 16.8 Å². The third-order valence-electron chi connectivity index (χ3n) is 2.08. The number of benzene rings is 1. The topological polar surface area (TPSA) is 52.5 Å². The van der Waals surface area contributed by atoms with Crippen molar-refractivity contribution in [2.75, 3.05) is 6.54 Å². The zero-order chi connectivity index (χ0) is 11.4. The highest BCUT2D eigenvalue weighted by Gasteiger charge is 2.09. The number of phenolic OH excluding ortho intramolecular Hbond substituents is 2. The molecule has 0 bridgehead atoms. The van der Waals surface area contributed by atoms with Gasteiger partial charge < -0.3 is 15.5 Å². The number of aromatic hydroxyl groups is 2. The molecule has 0 fully saturated rings. The highest BCUT2D eigenvalue weighted by molar-refractivity contribution is 9.11. The third kappa shape index (κ3) is 3.57. The van der Waals surface area contributed by atoms with Crippen molar-refractivity contribution in [2.24, 2.45) is 0 Å². The lowest BCUT2D eigenvalue weighted by atomic mass is 10.1. The van der Waals surface area contributed by atoms with Crippen molar-refractivity contribution in [2.45, 2.75) is 13.0 Å². The predicted octanol–water partition coefficient (Wildman–Crippen LogP) is 2.66. The van der Waals surface area contributed by atoms with Gasteiger partial charge in [0, 0.05) is 28.7 Å². The molecule has 4 heteroatoms. The summed E-state index contributed by atoms with van der Waals surface area (Å²) in [6.07, 6.45) is 0. The normalized spacial score (nSPS) is 12.4. The Morgan fingerprint density at radius 3 is 2.73 bits per heavy atom. The summed E-state index contributed by atoms with van der Waals surface area (Å²) in [5.74, 6) is 0.156. The fraction of sp³-hybridized carbons (Fsp3) is 0.273. The zero-order valence-corrected chi connectivity index (χ0v) is 10.1. The van der Waals surface area contributed by atoms with E-state index in [2.05, 4.69) is 27.8 Å². The van der Waals surface area contributed by atoms with Gasteiger partial charge in [-0.05, 0) is 13.0 Å². The first kappa shape index (κ1) is 12.1. The molecule has 3 nitrogen and oxygen atoms in total. The van der Waals surface area contributed by atoms with E-state index in [0.29, 0.717) is 6.54 Å². The molecule has 0 spiro atoms. The van der Waals surface area contributed by atoms with Crippen molar-refractivity contribution >= 4 is 15.9 Å². The summed E-state index contributed by atoms with van der Waals surface area (Å²) in [6.45, 7) is 6.27. The maximum absolute atomic E-state index is 9.59. The number of hydrogen-bond acceptors (Lipinski definition) is 3. The lowest BCUT2D eigenvalue weighted by Crippen LogP contribution is -2.19. The van der Waals surface area contributed by atoms with Crippen LogP contribution in [-0.2, 0) is 0 Å². The minimum absolute atomic E-state index is 0.0000926. The molecule has 1 aromatic rings. The summed E-state index contributed by atoms with van der Waals surface area (Å²) in [7, 11) is 0. The molecule has 0 aliphatic carbocycles. The molecule has 0 aromatic heterocycles.